The molecule has 1 unspecified atom stereocenters. The van der Waals surface area contributed by atoms with Crippen LogP contribution in [0.1, 0.15) is 25.0 Å². The second-order valence-corrected chi connectivity index (χ2v) is 4.73. The van der Waals surface area contributed by atoms with Crippen molar-refractivity contribution >= 4 is 11.5 Å². The molecule has 0 fully saturated rings. The number of benzene rings is 1. The summed E-state index contributed by atoms with van der Waals surface area (Å²) < 4.78 is 43.4. The molecule has 4 nitrogen and oxygen atoms in total. The van der Waals surface area contributed by atoms with E-state index in [1.54, 1.807) is 7.11 Å². The fraction of sp³-hybridized carbons (Fsp3) is 0.500. The zero-order valence-corrected chi connectivity index (χ0v) is 12.3. The smallest absolute Gasteiger partial charge is 0.384 e. The molecular formula is C14H20F3N3O. The second-order valence-electron chi connectivity index (χ2n) is 4.73. The van der Waals surface area contributed by atoms with Gasteiger partial charge in [-0.05, 0) is 32.0 Å². The molecule has 0 aliphatic rings. The van der Waals surface area contributed by atoms with Gasteiger partial charge in [0.1, 0.15) is 5.84 Å². The summed E-state index contributed by atoms with van der Waals surface area (Å²) in [6, 6.07) is 3.23. The van der Waals surface area contributed by atoms with Gasteiger partial charge in [0.2, 0.25) is 0 Å². The maximum absolute atomic E-state index is 12.8. The highest BCUT2D eigenvalue weighted by Gasteiger charge is 2.32. The van der Waals surface area contributed by atoms with Gasteiger partial charge in [-0.3, -0.25) is 5.41 Å². The summed E-state index contributed by atoms with van der Waals surface area (Å²) in [6.07, 6.45) is -4.46. The van der Waals surface area contributed by atoms with Crippen molar-refractivity contribution in [3.05, 3.63) is 29.3 Å². The minimum Gasteiger partial charge on any atom is -0.384 e. The standard InChI is InChI=1S/C14H20F3N3O/c1-4-20(9(2)8-21-3)12-6-5-10(14(15,16)17)7-11(12)13(18)19/h5-7,9H,4,8H2,1-3H3,(H3,18,19). The minimum absolute atomic E-state index is 0.0464. The highest BCUT2D eigenvalue weighted by molar-refractivity contribution is 6.00. The van der Waals surface area contributed by atoms with E-state index in [4.69, 9.17) is 15.9 Å². The summed E-state index contributed by atoms with van der Waals surface area (Å²) in [4.78, 5) is 1.86. The number of anilines is 1. The maximum Gasteiger partial charge on any atom is 0.416 e. The van der Waals surface area contributed by atoms with Gasteiger partial charge in [0.05, 0.1) is 12.2 Å². The zero-order valence-electron chi connectivity index (χ0n) is 12.3. The molecule has 1 aromatic carbocycles. The molecule has 3 N–H and O–H groups in total. The van der Waals surface area contributed by atoms with Crippen LogP contribution in [0.5, 0.6) is 0 Å². The summed E-state index contributed by atoms with van der Waals surface area (Å²) in [6.45, 7) is 4.77. The number of likely N-dealkylation sites (N-methyl/N-ethyl adjacent to an activating group) is 1. The van der Waals surface area contributed by atoms with E-state index < -0.39 is 11.7 Å². The summed E-state index contributed by atoms with van der Waals surface area (Å²) >= 11 is 0. The molecule has 1 rings (SSSR count). The molecule has 1 atom stereocenters. The monoisotopic (exact) mass is 303 g/mol. The van der Waals surface area contributed by atoms with E-state index in [1.807, 2.05) is 18.7 Å². The van der Waals surface area contributed by atoms with Gasteiger partial charge < -0.3 is 15.4 Å². The van der Waals surface area contributed by atoms with Gasteiger partial charge in [0.25, 0.3) is 0 Å². The Morgan fingerprint density at radius 2 is 2.05 bits per heavy atom. The Balaban J connectivity index is 3.31. The Morgan fingerprint density at radius 1 is 1.43 bits per heavy atom. The quantitative estimate of drug-likeness (QED) is 0.627. The van der Waals surface area contributed by atoms with Gasteiger partial charge in [-0.15, -0.1) is 0 Å². The SMILES string of the molecule is CCN(c1ccc(C(F)(F)F)cc1C(=N)N)C(C)COC. The Hall–Kier alpha value is -1.76. The molecule has 0 bridgehead atoms. The van der Waals surface area contributed by atoms with Crippen LogP contribution in [0, 0.1) is 5.41 Å². The van der Waals surface area contributed by atoms with Crippen LogP contribution in [0.25, 0.3) is 0 Å². The van der Waals surface area contributed by atoms with E-state index in [0.29, 0.717) is 18.8 Å². The van der Waals surface area contributed by atoms with Crippen molar-refractivity contribution in [1.29, 1.82) is 5.41 Å². The van der Waals surface area contributed by atoms with Gasteiger partial charge in [-0.2, -0.15) is 13.2 Å². The van der Waals surface area contributed by atoms with Crippen LogP contribution in [0.2, 0.25) is 0 Å². The summed E-state index contributed by atoms with van der Waals surface area (Å²) in [7, 11) is 1.56. The van der Waals surface area contributed by atoms with Crippen LogP contribution in [0.4, 0.5) is 18.9 Å². The maximum atomic E-state index is 12.8. The first kappa shape index (κ1) is 17.3. The highest BCUT2D eigenvalue weighted by Crippen LogP contribution is 2.33. The van der Waals surface area contributed by atoms with E-state index in [2.05, 4.69) is 0 Å². The van der Waals surface area contributed by atoms with Crippen molar-refractivity contribution in [2.24, 2.45) is 5.73 Å². The topological polar surface area (TPSA) is 62.3 Å². The molecule has 0 radical (unpaired) electrons. The zero-order chi connectivity index (χ0) is 16.2. The number of nitrogens with two attached hydrogens (primary N) is 1. The highest BCUT2D eigenvalue weighted by atomic mass is 19.4. The lowest BCUT2D eigenvalue weighted by atomic mass is 10.0. The average molecular weight is 303 g/mol. The molecule has 0 spiro atoms. The Bertz CT molecular complexity index is 503. The number of nitrogens with zero attached hydrogens (tertiary/aromatic N) is 1. The number of nitrogens with one attached hydrogen (secondary N) is 1. The molecule has 0 heterocycles. The summed E-state index contributed by atoms with van der Waals surface area (Å²) in [5, 5.41) is 7.54. The predicted molar refractivity (Wildman–Crippen MR) is 76.8 cm³/mol. The number of amidine groups is 1. The van der Waals surface area contributed by atoms with Crippen LogP contribution < -0.4 is 10.6 Å². The molecular weight excluding hydrogens is 283 g/mol. The third-order valence-electron chi connectivity index (χ3n) is 3.20. The number of hydrogen-bond acceptors (Lipinski definition) is 3. The molecule has 0 amide bonds. The van der Waals surface area contributed by atoms with Crippen molar-refractivity contribution in [2.75, 3.05) is 25.2 Å². The lowest BCUT2D eigenvalue weighted by molar-refractivity contribution is -0.137. The van der Waals surface area contributed by atoms with Crippen LogP contribution in [0.15, 0.2) is 18.2 Å². The van der Waals surface area contributed by atoms with Crippen molar-refractivity contribution in [2.45, 2.75) is 26.1 Å². The summed E-state index contributed by atoms with van der Waals surface area (Å²) in [5.74, 6) is -0.390. The molecule has 7 heteroatoms. The van der Waals surface area contributed by atoms with E-state index in [1.165, 1.54) is 6.07 Å². The third-order valence-corrected chi connectivity index (χ3v) is 3.20. The number of methoxy groups -OCH3 is 1. The molecule has 0 aromatic heterocycles. The predicted octanol–water partition coefficient (Wildman–Crippen LogP) is 2.85. The van der Waals surface area contributed by atoms with Gasteiger partial charge in [-0.1, -0.05) is 0 Å². The van der Waals surface area contributed by atoms with Crippen molar-refractivity contribution < 1.29 is 17.9 Å². The fourth-order valence-electron chi connectivity index (χ4n) is 2.23. The second kappa shape index (κ2) is 6.80. The van der Waals surface area contributed by atoms with Crippen LogP contribution in [-0.2, 0) is 10.9 Å². The number of rotatable bonds is 6. The lowest BCUT2D eigenvalue weighted by Crippen LogP contribution is -2.37. The molecule has 0 saturated carbocycles. The van der Waals surface area contributed by atoms with Gasteiger partial charge >= 0.3 is 6.18 Å². The number of alkyl halides is 3. The van der Waals surface area contributed by atoms with Gasteiger partial charge in [0.15, 0.2) is 0 Å². The molecule has 0 saturated heterocycles. The Kier molecular flexibility index (Phi) is 5.60. The molecule has 21 heavy (non-hydrogen) atoms. The largest absolute Gasteiger partial charge is 0.416 e. The first-order valence-corrected chi connectivity index (χ1v) is 6.53. The fourth-order valence-corrected chi connectivity index (χ4v) is 2.23. The van der Waals surface area contributed by atoms with E-state index in [9.17, 15) is 13.2 Å². The minimum atomic E-state index is -4.46. The van der Waals surface area contributed by atoms with Gasteiger partial charge in [-0.25, -0.2) is 0 Å². The van der Waals surface area contributed by atoms with E-state index in [-0.39, 0.29) is 17.4 Å². The molecule has 0 aliphatic carbocycles. The van der Waals surface area contributed by atoms with Crippen LogP contribution in [0.3, 0.4) is 0 Å². The van der Waals surface area contributed by atoms with E-state index in [0.717, 1.165) is 12.1 Å². The average Bonchev–Trinajstić information content (AvgIpc) is 2.38. The molecule has 118 valence electrons. The first-order chi connectivity index (χ1) is 9.72. The normalized spacial score (nSPS) is 13.0. The van der Waals surface area contributed by atoms with Crippen molar-refractivity contribution in [3.63, 3.8) is 0 Å². The molecule has 0 aliphatic heterocycles. The van der Waals surface area contributed by atoms with Gasteiger partial charge in [0, 0.05) is 30.9 Å². The van der Waals surface area contributed by atoms with E-state index >= 15 is 0 Å². The van der Waals surface area contributed by atoms with Crippen LogP contribution in [-0.4, -0.2) is 32.1 Å². The molecule has 1 aromatic rings. The number of hydrogen-bond donors (Lipinski definition) is 2. The number of nitrogen functional groups attached to an aromatic ring is 1. The van der Waals surface area contributed by atoms with Crippen LogP contribution >= 0.6 is 0 Å². The van der Waals surface area contributed by atoms with Crippen molar-refractivity contribution in [3.8, 4) is 0 Å². The lowest BCUT2D eigenvalue weighted by Gasteiger charge is -2.31. The number of ether oxygens (including phenoxy) is 1. The Morgan fingerprint density at radius 3 is 2.48 bits per heavy atom. The first-order valence-electron chi connectivity index (χ1n) is 6.53. The summed E-state index contributed by atoms with van der Waals surface area (Å²) in [5.41, 5.74) is 5.22. The third kappa shape index (κ3) is 4.10. The number of halogens is 3. The van der Waals surface area contributed by atoms with Crippen molar-refractivity contribution in [1.82, 2.24) is 0 Å². The Labute approximate surface area is 122 Å².